The molecular formula is C14H20BrNO. The van der Waals surface area contributed by atoms with E-state index in [4.69, 9.17) is 4.74 Å². The van der Waals surface area contributed by atoms with E-state index in [1.54, 1.807) is 0 Å². The molecule has 0 amide bonds. The van der Waals surface area contributed by atoms with Gasteiger partial charge in [-0.05, 0) is 56.5 Å². The highest BCUT2D eigenvalue weighted by atomic mass is 79.9. The highest BCUT2D eigenvalue weighted by Gasteiger charge is 2.12. The lowest BCUT2D eigenvalue weighted by Crippen LogP contribution is -2.35. The number of hydrogen-bond acceptors (Lipinski definition) is 2. The van der Waals surface area contributed by atoms with Gasteiger partial charge in [0.15, 0.2) is 0 Å². The van der Waals surface area contributed by atoms with Gasteiger partial charge in [-0.3, -0.25) is 0 Å². The van der Waals surface area contributed by atoms with Gasteiger partial charge in [0.2, 0.25) is 0 Å². The van der Waals surface area contributed by atoms with Crippen LogP contribution in [0.1, 0.15) is 31.2 Å². The minimum Gasteiger partial charge on any atom is -0.494 e. The summed E-state index contributed by atoms with van der Waals surface area (Å²) < 4.78 is 6.92. The summed E-state index contributed by atoms with van der Waals surface area (Å²) in [6.07, 6.45) is 5.08. The molecule has 1 aliphatic heterocycles. The number of nitrogens with one attached hydrogen (secondary N) is 1. The molecule has 1 atom stereocenters. The Morgan fingerprint density at radius 2 is 2.29 bits per heavy atom. The van der Waals surface area contributed by atoms with Gasteiger partial charge in [-0.15, -0.1) is 0 Å². The Morgan fingerprint density at radius 3 is 3.00 bits per heavy atom. The Morgan fingerprint density at radius 1 is 1.41 bits per heavy atom. The third kappa shape index (κ3) is 4.00. The van der Waals surface area contributed by atoms with Crippen LogP contribution in [0.3, 0.4) is 0 Å². The van der Waals surface area contributed by atoms with E-state index in [-0.39, 0.29) is 0 Å². The predicted octanol–water partition coefficient (Wildman–Crippen LogP) is 3.67. The topological polar surface area (TPSA) is 21.3 Å². The van der Waals surface area contributed by atoms with Gasteiger partial charge in [0, 0.05) is 10.5 Å². The number of benzene rings is 1. The number of piperidine rings is 1. The molecule has 3 heteroatoms. The highest BCUT2D eigenvalue weighted by Crippen LogP contribution is 2.22. The average Bonchev–Trinajstić information content (AvgIpc) is 2.35. The van der Waals surface area contributed by atoms with Crippen molar-refractivity contribution in [1.29, 1.82) is 0 Å². The molecular weight excluding hydrogens is 278 g/mol. The lowest BCUT2D eigenvalue weighted by molar-refractivity contribution is 0.268. The summed E-state index contributed by atoms with van der Waals surface area (Å²) >= 11 is 3.49. The summed E-state index contributed by atoms with van der Waals surface area (Å²) in [6.45, 7) is 4.06. The van der Waals surface area contributed by atoms with E-state index in [1.807, 2.05) is 12.1 Å². The lowest BCUT2D eigenvalue weighted by Gasteiger charge is -2.23. The van der Waals surface area contributed by atoms with E-state index in [2.05, 4.69) is 34.2 Å². The normalized spacial score (nSPS) is 20.2. The molecule has 2 rings (SSSR count). The predicted molar refractivity (Wildman–Crippen MR) is 74.6 cm³/mol. The van der Waals surface area contributed by atoms with Crippen molar-refractivity contribution in [2.75, 3.05) is 13.2 Å². The van der Waals surface area contributed by atoms with Crippen molar-refractivity contribution in [1.82, 2.24) is 5.32 Å². The zero-order valence-electron chi connectivity index (χ0n) is 10.3. The van der Waals surface area contributed by atoms with Crippen LogP contribution in [0.2, 0.25) is 0 Å². The first-order valence-corrected chi connectivity index (χ1v) is 7.17. The number of aryl methyl sites for hydroxylation is 1. The average molecular weight is 298 g/mol. The summed E-state index contributed by atoms with van der Waals surface area (Å²) in [6, 6.07) is 6.80. The molecule has 0 unspecified atom stereocenters. The molecule has 2 nitrogen and oxygen atoms in total. The molecule has 1 fully saturated rings. The second kappa shape index (κ2) is 6.41. The SMILES string of the molecule is Cc1cc(OCC[C@@H]2CCCCN2)ccc1Br. The third-order valence-electron chi connectivity index (χ3n) is 3.28. The van der Waals surface area contributed by atoms with E-state index < -0.39 is 0 Å². The number of hydrogen-bond donors (Lipinski definition) is 1. The van der Waals surface area contributed by atoms with Crippen LogP contribution in [0.5, 0.6) is 5.75 Å². The Bertz CT molecular complexity index is 361. The first-order chi connectivity index (χ1) is 8.25. The number of halogens is 1. The fraction of sp³-hybridized carbons (Fsp3) is 0.571. The Kier molecular flexibility index (Phi) is 4.86. The van der Waals surface area contributed by atoms with Crippen LogP contribution in [0.25, 0.3) is 0 Å². The van der Waals surface area contributed by atoms with Gasteiger partial charge in [-0.25, -0.2) is 0 Å². The summed E-state index contributed by atoms with van der Waals surface area (Å²) in [5.74, 6) is 0.974. The van der Waals surface area contributed by atoms with Gasteiger partial charge in [-0.2, -0.15) is 0 Å². The molecule has 0 radical (unpaired) electrons. The van der Waals surface area contributed by atoms with Crippen LogP contribution >= 0.6 is 15.9 Å². The van der Waals surface area contributed by atoms with E-state index in [9.17, 15) is 0 Å². The first-order valence-electron chi connectivity index (χ1n) is 6.38. The van der Waals surface area contributed by atoms with Gasteiger partial charge in [0.05, 0.1) is 6.61 Å². The van der Waals surface area contributed by atoms with Gasteiger partial charge < -0.3 is 10.1 Å². The molecule has 1 saturated heterocycles. The van der Waals surface area contributed by atoms with Crippen molar-refractivity contribution in [2.24, 2.45) is 0 Å². The quantitative estimate of drug-likeness (QED) is 0.916. The summed E-state index contributed by atoms with van der Waals surface area (Å²) in [4.78, 5) is 0. The zero-order valence-corrected chi connectivity index (χ0v) is 11.9. The van der Waals surface area contributed by atoms with Crippen LogP contribution in [-0.4, -0.2) is 19.2 Å². The standard InChI is InChI=1S/C14H20BrNO/c1-11-10-13(5-6-14(11)15)17-9-7-12-4-2-3-8-16-12/h5-6,10,12,16H,2-4,7-9H2,1H3/t12-/m0/s1. The molecule has 94 valence electrons. The van der Waals surface area contributed by atoms with Crippen LogP contribution in [0.4, 0.5) is 0 Å². The molecule has 0 aliphatic carbocycles. The molecule has 1 heterocycles. The van der Waals surface area contributed by atoms with Crippen molar-refractivity contribution in [3.63, 3.8) is 0 Å². The molecule has 1 aromatic rings. The van der Waals surface area contributed by atoms with Crippen molar-refractivity contribution < 1.29 is 4.74 Å². The van der Waals surface area contributed by atoms with Crippen LogP contribution in [0.15, 0.2) is 22.7 Å². The third-order valence-corrected chi connectivity index (χ3v) is 4.17. The van der Waals surface area contributed by atoms with Crippen LogP contribution < -0.4 is 10.1 Å². The molecule has 0 aromatic heterocycles. The monoisotopic (exact) mass is 297 g/mol. The van der Waals surface area contributed by atoms with Gasteiger partial charge in [0.1, 0.15) is 5.75 Å². The van der Waals surface area contributed by atoms with E-state index in [0.717, 1.165) is 23.2 Å². The first kappa shape index (κ1) is 12.9. The van der Waals surface area contributed by atoms with Crippen molar-refractivity contribution >= 4 is 15.9 Å². The summed E-state index contributed by atoms with van der Waals surface area (Å²) in [5, 5.41) is 3.54. The molecule has 1 aliphatic rings. The van der Waals surface area contributed by atoms with Gasteiger partial charge in [-0.1, -0.05) is 22.4 Å². The maximum Gasteiger partial charge on any atom is 0.119 e. The summed E-state index contributed by atoms with van der Waals surface area (Å²) in [7, 11) is 0. The van der Waals surface area contributed by atoms with E-state index >= 15 is 0 Å². The molecule has 1 N–H and O–H groups in total. The van der Waals surface area contributed by atoms with Gasteiger partial charge >= 0.3 is 0 Å². The Balaban J connectivity index is 1.75. The van der Waals surface area contributed by atoms with Crippen molar-refractivity contribution in [3.8, 4) is 5.75 Å². The smallest absolute Gasteiger partial charge is 0.119 e. The molecule has 0 spiro atoms. The van der Waals surface area contributed by atoms with Crippen molar-refractivity contribution in [3.05, 3.63) is 28.2 Å². The fourth-order valence-corrected chi connectivity index (χ4v) is 2.44. The lowest BCUT2D eigenvalue weighted by atomic mass is 10.0. The second-order valence-corrected chi connectivity index (χ2v) is 5.55. The number of rotatable bonds is 4. The fourth-order valence-electron chi connectivity index (χ4n) is 2.20. The van der Waals surface area contributed by atoms with E-state index in [0.29, 0.717) is 6.04 Å². The minimum atomic E-state index is 0.653. The number of ether oxygens (including phenoxy) is 1. The van der Waals surface area contributed by atoms with Gasteiger partial charge in [0.25, 0.3) is 0 Å². The Labute approximate surface area is 112 Å². The largest absolute Gasteiger partial charge is 0.494 e. The van der Waals surface area contributed by atoms with Crippen LogP contribution in [0, 0.1) is 6.92 Å². The molecule has 0 saturated carbocycles. The maximum absolute atomic E-state index is 5.78. The Hall–Kier alpha value is -0.540. The molecule has 1 aromatic carbocycles. The zero-order chi connectivity index (χ0) is 12.1. The molecule has 17 heavy (non-hydrogen) atoms. The highest BCUT2D eigenvalue weighted by molar-refractivity contribution is 9.10. The van der Waals surface area contributed by atoms with E-state index in [1.165, 1.54) is 31.4 Å². The maximum atomic E-state index is 5.78. The van der Waals surface area contributed by atoms with Crippen LogP contribution in [-0.2, 0) is 0 Å². The minimum absolute atomic E-state index is 0.653. The summed E-state index contributed by atoms with van der Waals surface area (Å²) in [5.41, 5.74) is 1.22. The van der Waals surface area contributed by atoms with Crippen molar-refractivity contribution in [2.45, 2.75) is 38.6 Å². The molecule has 0 bridgehead atoms. The second-order valence-electron chi connectivity index (χ2n) is 4.69.